The van der Waals surface area contributed by atoms with E-state index in [0.717, 1.165) is 29.2 Å². The van der Waals surface area contributed by atoms with Gasteiger partial charge in [-0.15, -0.1) is 0 Å². The fourth-order valence-electron chi connectivity index (χ4n) is 1.81. The highest BCUT2D eigenvalue weighted by Crippen LogP contribution is 2.14. The number of aryl methyl sites for hydroxylation is 2. The van der Waals surface area contributed by atoms with Crippen LogP contribution in [0.4, 0.5) is 0 Å². The first-order chi connectivity index (χ1) is 9.04. The number of pyridine rings is 1. The van der Waals surface area contributed by atoms with Gasteiger partial charge in [0.15, 0.2) is 5.82 Å². The lowest BCUT2D eigenvalue weighted by Gasteiger charge is -2.09. The Morgan fingerprint density at radius 2 is 1.95 bits per heavy atom. The number of hydrogen-bond donors (Lipinski definition) is 1. The van der Waals surface area contributed by atoms with Crippen LogP contribution in [-0.4, -0.2) is 21.0 Å². The Kier molecular flexibility index (Phi) is 4.22. The fourth-order valence-corrected chi connectivity index (χ4v) is 1.81. The van der Waals surface area contributed by atoms with E-state index < -0.39 is 0 Å². The first kappa shape index (κ1) is 13.6. The molecule has 0 atom stereocenters. The van der Waals surface area contributed by atoms with Crippen LogP contribution in [0.2, 0.25) is 0 Å². The molecule has 0 saturated heterocycles. The Morgan fingerprint density at radius 1 is 1.16 bits per heavy atom. The Bertz CT molecular complexity index is 564. The minimum Gasteiger partial charge on any atom is -0.309 e. The van der Waals surface area contributed by atoms with E-state index in [4.69, 9.17) is 0 Å². The van der Waals surface area contributed by atoms with Crippen LogP contribution < -0.4 is 5.32 Å². The van der Waals surface area contributed by atoms with Gasteiger partial charge >= 0.3 is 0 Å². The standard InChI is InChI=1S/C15H20N4/c1-10(2)17-9-13-8-12(4)18-15(19-13)14-7-11(3)5-6-16-14/h5-8,10,17H,9H2,1-4H3. The summed E-state index contributed by atoms with van der Waals surface area (Å²) in [4.78, 5) is 13.4. The van der Waals surface area contributed by atoms with Crippen molar-refractivity contribution in [3.63, 3.8) is 0 Å². The van der Waals surface area contributed by atoms with Gasteiger partial charge in [0.25, 0.3) is 0 Å². The molecule has 2 aromatic rings. The van der Waals surface area contributed by atoms with Crippen molar-refractivity contribution in [3.05, 3.63) is 41.3 Å². The van der Waals surface area contributed by atoms with Crippen LogP contribution in [0.5, 0.6) is 0 Å². The molecule has 4 nitrogen and oxygen atoms in total. The normalized spacial score (nSPS) is 11.0. The number of nitrogens with one attached hydrogen (secondary N) is 1. The van der Waals surface area contributed by atoms with E-state index in [0.29, 0.717) is 11.9 Å². The molecule has 0 aromatic carbocycles. The van der Waals surface area contributed by atoms with Gasteiger partial charge in [-0.2, -0.15) is 0 Å². The van der Waals surface area contributed by atoms with Crippen molar-refractivity contribution in [1.82, 2.24) is 20.3 Å². The van der Waals surface area contributed by atoms with E-state index >= 15 is 0 Å². The first-order valence-corrected chi connectivity index (χ1v) is 6.55. The molecular formula is C15H20N4. The van der Waals surface area contributed by atoms with Crippen molar-refractivity contribution in [1.29, 1.82) is 0 Å². The van der Waals surface area contributed by atoms with E-state index in [-0.39, 0.29) is 0 Å². The van der Waals surface area contributed by atoms with Gasteiger partial charge in [-0.05, 0) is 37.6 Å². The van der Waals surface area contributed by atoms with Crippen molar-refractivity contribution in [2.24, 2.45) is 0 Å². The molecule has 0 aliphatic carbocycles. The summed E-state index contributed by atoms with van der Waals surface area (Å²) in [7, 11) is 0. The van der Waals surface area contributed by atoms with E-state index in [1.165, 1.54) is 0 Å². The molecule has 0 spiro atoms. The molecule has 2 heterocycles. The van der Waals surface area contributed by atoms with Gasteiger partial charge in [0.05, 0.1) is 5.69 Å². The van der Waals surface area contributed by atoms with Crippen LogP contribution in [-0.2, 0) is 6.54 Å². The number of aromatic nitrogens is 3. The third kappa shape index (κ3) is 3.83. The maximum absolute atomic E-state index is 4.58. The highest BCUT2D eigenvalue weighted by atomic mass is 15.0. The van der Waals surface area contributed by atoms with Gasteiger partial charge in [-0.1, -0.05) is 13.8 Å². The van der Waals surface area contributed by atoms with Crippen molar-refractivity contribution < 1.29 is 0 Å². The largest absolute Gasteiger partial charge is 0.309 e. The zero-order valence-electron chi connectivity index (χ0n) is 11.9. The smallest absolute Gasteiger partial charge is 0.178 e. The molecule has 100 valence electrons. The van der Waals surface area contributed by atoms with Crippen LogP contribution in [0, 0.1) is 13.8 Å². The third-order valence-corrected chi connectivity index (χ3v) is 2.74. The molecule has 19 heavy (non-hydrogen) atoms. The summed E-state index contributed by atoms with van der Waals surface area (Å²) >= 11 is 0. The van der Waals surface area contributed by atoms with Gasteiger partial charge in [-0.25, -0.2) is 9.97 Å². The molecule has 2 aromatic heterocycles. The third-order valence-electron chi connectivity index (χ3n) is 2.74. The van der Waals surface area contributed by atoms with Gasteiger partial charge in [-0.3, -0.25) is 4.98 Å². The molecule has 0 amide bonds. The Balaban J connectivity index is 2.31. The van der Waals surface area contributed by atoms with E-state index in [2.05, 4.69) is 34.1 Å². The maximum atomic E-state index is 4.58. The molecule has 0 unspecified atom stereocenters. The Hall–Kier alpha value is -1.81. The average molecular weight is 256 g/mol. The van der Waals surface area contributed by atoms with Crippen LogP contribution >= 0.6 is 0 Å². The molecule has 0 fully saturated rings. The van der Waals surface area contributed by atoms with Crippen molar-refractivity contribution in [2.75, 3.05) is 0 Å². The molecule has 4 heteroatoms. The lowest BCUT2D eigenvalue weighted by atomic mass is 10.2. The van der Waals surface area contributed by atoms with Gasteiger partial charge in [0.1, 0.15) is 5.69 Å². The number of nitrogens with zero attached hydrogens (tertiary/aromatic N) is 3. The summed E-state index contributed by atoms with van der Waals surface area (Å²) < 4.78 is 0. The summed E-state index contributed by atoms with van der Waals surface area (Å²) in [6.45, 7) is 9.02. The van der Waals surface area contributed by atoms with E-state index in [9.17, 15) is 0 Å². The zero-order valence-corrected chi connectivity index (χ0v) is 11.9. The minimum absolute atomic E-state index is 0.441. The van der Waals surface area contributed by atoms with Crippen LogP contribution in [0.3, 0.4) is 0 Å². The summed E-state index contributed by atoms with van der Waals surface area (Å²) in [6.07, 6.45) is 1.79. The second-order valence-corrected chi connectivity index (χ2v) is 5.08. The quantitative estimate of drug-likeness (QED) is 0.913. The summed E-state index contributed by atoms with van der Waals surface area (Å²) in [5.41, 5.74) is 3.96. The highest BCUT2D eigenvalue weighted by Gasteiger charge is 2.07. The van der Waals surface area contributed by atoms with Crippen molar-refractivity contribution in [3.8, 4) is 11.5 Å². The summed E-state index contributed by atoms with van der Waals surface area (Å²) in [5, 5.41) is 3.37. The van der Waals surface area contributed by atoms with Crippen molar-refractivity contribution in [2.45, 2.75) is 40.3 Å². The van der Waals surface area contributed by atoms with Gasteiger partial charge in [0, 0.05) is 24.5 Å². The van der Waals surface area contributed by atoms with E-state index in [1.807, 2.05) is 32.0 Å². The predicted molar refractivity (Wildman–Crippen MR) is 76.7 cm³/mol. The molecule has 2 rings (SSSR count). The Labute approximate surface area is 114 Å². The van der Waals surface area contributed by atoms with Gasteiger partial charge in [0.2, 0.25) is 0 Å². The fraction of sp³-hybridized carbons (Fsp3) is 0.400. The second-order valence-electron chi connectivity index (χ2n) is 5.08. The van der Waals surface area contributed by atoms with E-state index in [1.54, 1.807) is 6.20 Å². The highest BCUT2D eigenvalue weighted by molar-refractivity contribution is 5.50. The lowest BCUT2D eigenvalue weighted by molar-refractivity contribution is 0.580. The second kappa shape index (κ2) is 5.89. The predicted octanol–water partition coefficient (Wildman–Crippen LogP) is 2.65. The number of hydrogen-bond acceptors (Lipinski definition) is 4. The minimum atomic E-state index is 0.441. The summed E-state index contributed by atoms with van der Waals surface area (Å²) in [5.74, 6) is 0.698. The average Bonchev–Trinajstić information content (AvgIpc) is 2.36. The zero-order chi connectivity index (χ0) is 13.8. The summed E-state index contributed by atoms with van der Waals surface area (Å²) in [6, 6.07) is 6.43. The van der Waals surface area contributed by atoms with Crippen LogP contribution in [0.25, 0.3) is 11.5 Å². The SMILES string of the molecule is Cc1ccnc(-c2nc(C)cc(CNC(C)C)n2)c1. The molecule has 0 aliphatic rings. The molecule has 1 N–H and O–H groups in total. The molecule has 0 bridgehead atoms. The molecular weight excluding hydrogens is 236 g/mol. The molecule has 0 radical (unpaired) electrons. The monoisotopic (exact) mass is 256 g/mol. The topological polar surface area (TPSA) is 50.7 Å². The van der Waals surface area contributed by atoms with Crippen LogP contribution in [0.15, 0.2) is 24.4 Å². The first-order valence-electron chi connectivity index (χ1n) is 6.55. The van der Waals surface area contributed by atoms with Crippen molar-refractivity contribution >= 4 is 0 Å². The van der Waals surface area contributed by atoms with Gasteiger partial charge < -0.3 is 5.32 Å². The van der Waals surface area contributed by atoms with Crippen LogP contribution in [0.1, 0.15) is 30.8 Å². The Morgan fingerprint density at radius 3 is 2.63 bits per heavy atom. The maximum Gasteiger partial charge on any atom is 0.178 e. The lowest BCUT2D eigenvalue weighted by Crippen LogP contribution is -2.22. The molecule has 0 aliphatic heterocycles. The number of rotatable bonds is 4. The molecule has 0 saturated carbocycles.